The first kappa shape index (κ1) is 21.9. The molecule has 0 saturated heterocycles. The van der Waals surface area contributed by atoms with Crippen molar-refractivity contribution in [2.45, 2.75) is 53.8 Å². The van der Waals surface area contributed by atoms with Gasteiger partial charge in [-0.2, -0.15) is 0 Å². The van der Waals surface area contributed by atoms with E-state index in [-0.39, 0.29) is 6.61 Å². The standard InChI is InChI=1S/C16H26O8/c1-8(7-22-11(4)17)14(23-12(5)18)9(2)15(24-13(6)19)10(3)16(20)21/h8-10,14-15H,7H2,1-6H3,(H,20,21)/t8-,9+,10+,14-,15-/m0/s1. The number of hydrogen-bond acceptors (Lipinski definition) is 7. The van der Waals surface area contributed by atoms with Crippen LogP contribution in [0.4, 0.5) is 0 Å². The monoisotopic (exact) mass is 346 g/mol. The summed E-state index contributed by atoms with van der Waals surface area (Å²) in [6, 6.07) is 0. The summed E-state index contributed by atoms with van der Waals surface area (Å²) in [6.45, 7) is 8.39. The first-order valence-electron chi connectivity index (χ1n) is 7.67. The predicted octanol–water partition coefficient (Wildman–Crippen LogP) is 1.41. The minimum Gasteiger partial charge on any atom is -0.481 e. The molecule has 0 aromatic carbocycles. The van der Waals surface area contributed by atoms with Crippen molar-refractivity contribution in [3.63, 3.8) is 0 Å². The van der Waals surface area contributed by atoms with Crippen molar-refractivity contribution in [1.82, 2.24) is 0 Å². The maximum absolute atomic E-state index is 11.4. The average molecular weight is 346 g/mol. The van der Waals surface area contributed by atoms with Crippen LogP contribution < -0.4 is 0 Å². The molecule has 0 aromatic rings. The Labute approximate surface area is 141 Å². The number of rotatable bonds is 9. The van der Waals surface area contributed by atoms with E-state index < -0.39 is 53.8 Å². The molecule has 0 aliphatic rings. The Hall–Kier alpha value is -2.12. The van der Waals surface area contributed by atoms with Crippen molar-refractivity contribution in [3.8, 4) is 0 Å². The smallest absolute Gasteiger partial charge is 0.309 e. The van der Waals surface area contributed by atoms with Crippen LogP contribution in [0.5, 0.6) is 0 Å². The van der Waals surface area contributed by atoms with Gasteiger partial charge in [-0.1, -0.05) is 13.8 Å². The second kappa shape index (κ2) is 9.89. The van der Waals surface area contributed by atoms with Crippen molar-refractivity contribution in [3.05, 3.63) is 0 Å². The van der Waals surface area contributed by atoms with Gasteiger partial charge in [0, 0.05) is 32.6 Å². The molecule has 5 atom stereocenters. The van der Waals surface area contributed by atoms with E-state index in [1.54, 1.807) is 13.8 Å². The highest BCUT2D eigenvalue weighted by Gasteiger charge is 2.39. The molecule has 138 valence electrons. The molecule has 0 spiro atoms. The predicted molar refractivity (Wildman–Crippen MR) is 82.9 cm³/mol. The second-order valence-electron chi connectivity index (χ2n) is 5.91. The van der Waals surface area contributed by atoms with E-state index >= 15 is 0 Å². The Morgan fingerprint density at radius 3 is 1.67 bits per heavy atom. The molecule has 0 fully saturated rings. The van der Waals surface area contributed by atoms with Crippen molar-refractivity contribution in [2.75, 3.05) is 6.61 Å². The van der Waals surface area contributed by atoms with Gasteiger partial charge in [0.1, 0.15) is 12.2 Å². The number of esters is 3. The highest BCUT2D eigenvalue weighted by atomic mass is 16.6. The van der Waals surface area contributed by atoms with E-state index in [4.69, 9.17) is 14.2 Å². The van der Waals surface area contributed by atoms with Crippen LogP contribution in [-0.2, 0) is 33.4 Å². The molecule has 8 heteroatoms. The number of carbonyl (C=O) groups is 4. The lowest BCUT2D eigenvalue weighted by Gasteiger charge is -2.34. The first-order chi connectivity index (χ1) is 11.0. The van der Waals surface area contributed by atoms with Gasteiger partial charge in [-0.25, -0.2) is 0 Å². The summed E-state index contributed by atoms with van der Waals surface area (Å²) in [6.07, 6.45) is -1.78. The zero-order valence-corrected chi connectivity index (χ0v) is 14.9. The summed E-state index contributed by atoms with van der Waals surface area (Å²) in [7, 11) is 0. The number of ether oxygens (including phenoxy) is 3. The van der Waals surface area contributed by atoms with Gasteiger partial charge < -0.3 is 19.3 Å². The van der Waals surface area contributed by atoms with Crippen molar-refractivity contribution < 1.29 is 38.5 Å². The van der Waals surface area contributed by atoms with E-state index in [0.29, 0.717) is 0 Å². The van der Waals surface area contributed by atoms with Crippen molar-refractivity contribution >= 4 is 23.9 Å². The van der Waals surface area contributed by atoms with Gasteiger partial charge in [0.25, 0.3) is 0 Å². The lowest BCUT2D eigenvalue weighted by Crippen LogP contribution is -2.45. The summed E-state index contributed by atoms with van der Waals surface area (Å²) in [5.74, 6) is -4.83. The Morgan fingerprint density at radius 2 is 1.29 bits per heavy atom. The third-order valence-electron chi connectivity index (χ3n) is 3.63. The molecule has 0 aromatic heterocycles. The van der Waals surface area contributed by atoms with E-state index in [1.165, 1.54) is 27.7 Å². The molecule has 24 heavy (non-hydrogen) atoms. The van der Waals surface area contributed by atoms with Gasteiger partial charge in [-0.3, -0.25) is 19.2 Å². The van der Waals surface area contributed by atoms with Crippen LogP contribution in [0, 0.1) is 17.8 Å². The SMILES string of the molecule is CC(=O)OC[C@H](C)[C@H](OC(C)=O)[C@@H](C)[C@H](OC(C)=O)[C@@H](C)C(=O)O. The first-order valence-corrected chi connectivity index (χ1v) is 7.67. The molecular weight excluding hydrogens is 320 g/mol. The van der Waals surface area contributed by atoms with Gasteiger partial charge >= 0.3 is 23.9 Å². The molecular formula is C16H26O8. The fourth-order valence-corrected chi connectivity index (χ4v) is 2.46. The van der Waals surface area contributed by atoms with Crippen LogP contribution in [0.15, 0.2) is 0 Å². The lowest BCUT2D eigenvalue weighted by molar-refractivity contribution is -0.170. The summed E-state index contributed by atoms with van der Waals surface area (Å²) in [4.78, 5) is 45.0. The molecule has 0 bridgehead atoms. The summed E-state index contributed by atoms with van der Waals surface area (Å²) in [5, 5.41) is 9.22. The van der Waals surface area contributed by atoms with E-state index in [0.717, 1.165) is 0 Å². The van der Waals surface area contributed by atoms with Crippen LogP contribution in [-0.4, -0.2) is 47.8 Å². The average Bonchev–Trinajstić information content (AvgIpc) is 2.45. The van der Waals surface area contributed by atoms with Crippen LogP contribution in [0.1, 0.15) is 41.5 Å². The lowest BCUT2D eigenvalue weighted by atomic mass is 9.84. The number of carboxylic acids is 1. The molecule has 8 nitrogen and oxygen atoms in total. The molecule has 0 saturated carbocycles. The molecule has 0 radical (unpaired) electrons. The van der Waals surface area contributed by atoms with Crippen LogP contribution in [0.25, 0.3) is 0 Å². The number of carboxylic acid groups (broad SMARTS) is 1. The summed E-state index contributed by atoms with van der Waals surface area (Å²) < 4.78 is 15.4. The normalized spacial score (nSPS) is 16.9. The Kier molecular flexibility index (Phi) is 9.02. The fraction of sp³-hybridized carbons (Fsp3) is 0.750. The van der Waals surface area contributed by atoms with Gasteiger partial charge in [-0.05, 0) is 6.92 Å². The zero-order chi connectivity index (χ0) is 19.0. The highest BCUT2D eigenvalue weighted by Crippen LogP contribution is 2.27. The summed E-state index contributed by atoms with van der Waals surface area (Å²) in [5.41, 5.74) is 0. The van der Waals surface area contributed by atoms with Gasteiger partial charge in [0.2, 0.25) is 0 Å². The van der Waals surface area contributed by atoms with Crippen LogP contribution in [0.2, 0.25) is 0 Å². The van der Waals surface area contributed by atoms with Gasteiger partial charge in [0.05, 0.1) is 12.5 Å². The third kappa shape index (κ3) is 7.43. The molecule has 0 unspecified atom stereocenters. The minimum atomic E-state index is -1.14. The molecule has 0 heterocycles. The maximum Gasteiger partial charge on any atom is 0.309 e. The minimum absolute atomic E-state index is 0.00807. The Balaban J connectivity index is 5.43. The molecule has 0 aliphatic carbocycles. The quantitative estimate of drug-likeness (QED) is 0.492. The van der Waals surface area contributed by atoms with E-state index in [9.17, 15) is 24.3 Å². The van der Waals surface area contributed by atoms with Crippen molar-refractivity contribution in [1.29, 1.82) is 0 Å². The zero-order valence-electron chi connectivity index (χ0n) is 14.9. The van der Waals surface area contributed by atoms with Crippen LogP contribution in [0.3, 0.4) is 0 Å². The summed E-state index contributed by atoms with van der Waals surface area (Å²) >= 11 is 0. The number of aliphatic carboxylic acids is 1. The fourth-order valence-electron chi connectivity index (χ4n) is 2.46. The van der Waals surface area contributed by atoms with E-state index in [2.05, 4.69) is 0 Å². The van der Waals surface area contributed by atoms with Gasteiger partial charge in [-0.15, -0.1) is 0 Å². The van der Waals surface area contributed by atoms with E-state index in [1.807, 2.05) is 0 Å². The highest BCUT2D eigenvalue weighted by molar-refractivity contribution is 5.72. The van der Waals surface area contributed by atoms with Crippen molar-refractivity contribution in [2.24, 2.45) is 17.8 Å². The number of hydrogen-bond donors (Lipinski definition) is 1. The molecule has 0 amide bonds. The third-order valence-corrected chi connectivity index (χ3v) is 3.63. The molecule has 0 rings (SSSR count). The van der Waals surface area contributed by atoms with Gasteiger partial charge in [0.15, 0.2) is 0 Å². The Bertz CT molecular complexity index is 473. The molecule has 0 aliphatic heterocycles. The molecule has 1 N–H and O–H groups in total. The van der Waals surface area contributed by atoms with Crippen LogP contribution >= 0.6 is 0 Å². The maximum atomic E-state index is 11.4. The largest absolute Gasteiger partial charge is 0.481 e. The second-order valence-corrected chi connectivity index (χ2v) is 5.91. The number of carbonyl (C=O) groups excluding carboxylic acids is 3. The Morgan fingerprint density at radius 1 is 0.833 bits per heavy atom. The topological polar surface area (TPSA) is 116 Å².